The lowest BCUT2D eigenvalue weighted by Gasteiger charge is -2.47. The highest BCUT2D eigenvalue weighted by atomic mass is 16.6. The maximum Gasteiger partial charge on any atom is 0.407 e. The summed E-state index contributed by atoms with van der Waals surface area (Å²) >= 11 is 0. The van der Waals surface area contributed by atoms with Crippen LogP contribution in [0.15, 0.2) is 18.2 Å². The van der Waals surface area contributed by atoms with Gasteiger partial charge < -0.3 is 15.0 Å². The Morgan fingerprint density at radius 3 is 2.60 bits per heavy atom. The third-order valence-corrected chi connectivity index (χ3v) is 6.34. The predicted molar refractivity (Wildman–Crippen MR) is 94.4 cm³/mol. The number of cyclic esters (lactones) is 1. The molecule has 1 spiro atoms. The first-order chi connectivity index (χ1) is 11.9. The van der Waals surface area contributed by atoms with Gasteiger partial charge in [0.2, 0.25) is 5.91 Å². The van der Waals surface area contributed by atoms with Crippen molar-refractivity contribution < 1.29 is 14.3 Å². The summed E-state index contributed by atoms with van der Waals surface area (Å²) in [5, 5.41) is 2.86. The maximum absolute atomic E-state index is 12.7. The number of alkyl carbamates (subject to hydrolysis) is 1. The van der Waals surface area contributed by atoms with E-state index < -0.39 is 0 Å². The monoisotopic (exact) mass is 342 g/mol. The molecule has 0 bridgehead atoms. The highest BCUT2D eigenvalue weighted by Crippen LogP contribution is 2.44. The minimum atomic E-state index is -0.352. The molecule has 5 heteroatoms. The fourth-order valence-electron chi connectivity index (χ4n) is 4.68. The first-order valence-corrected chi connectivity index (χ1v) is 9.16. The van der Waals surface area contributed by atoms with Gasteiger partial charge in [-0.15, -0.1) is 0 Å². The second-order valence-electron chi connectivity index (χ2n) is 8.22. The number of nitrogens with one attached hydrogen (secondary N) is 1. The number of nitrogens with zero attached hydrogens (tertiary/aromatic N) is 1. The van der Waals surface area contributed by atoms with E-state index >= 15 is 0 Å². The van der Waals surface area contributed by atoms with Crippen LogP contribution in [-0.4, -0.2) is 42.1 Å². The molecule has 134 valence electrons. The largest absolute Gasteiger partial charge is 0.447 e. The molecule has 3 fully saturated rings. The smallest absolute Gasteiger partial charge is 0.407 e. The van der Waals surface area contributed by atoms with Crippen molar-refractivity contribution in [2.75, 3.05) is 13.7 Å². The van der Waals surface area contributed by atoms with Crippen LogP contribution in [0.4, 0.5) is 4.79 Å². The van der Waals surface area contributed by atoms with Crippen molar-refractivity contribution in [2.24, 2.45) is 5.92 Å². The van der Waals surface area contributed by atoms with Crippen LogP contribution < -0.4 is 5.32 Å². The van der Waals surface area contributed by atoms with Crippen LogP contribution in [0.2, 0.25) is 0 Å². The van der Waals surface area contributed by atoms with E-state index in [4.69, 9.17) is 4.74 Å². The molecule has 1 aliphatic heterocycles. The Morgan fingerprint density at radius 2 is 2.00 bits per heavy atom. The van der Waals surface area contributed by atoms with Gasteiger partial charge in [0.1, 0.15) is 6.61 Å². The summed E-state index contributed by atoms with van der Waals surface area (Å²) in [6, 6.07) is 7.00. The van der Waals surface area contributed by atoms with Crippen molar-refractivity contribution in [3.8, 4) is 0 Å². The Labute approximate surface area is 148 Å². The zero-order chi connectivity index (χ0) is 17.8. The Balaban J connectivity index is 1.31. The third-order valence-electron chi connectivity index (χ3n) is 6.34. The molecule has 1 aromatic rings. The van der Waals surface area contributed by atoms with Crippen LogP contribution in [0.3, 0.4) is 0 Å². The van der Waals surface area contributed by atoms with Gasteiger partial charge in [-0.25, -0.2) is 4.79 Å². The first-order valence-electron chi connectivity index (χ1n) is 9.16. The van der Waals surface area contributed by atoms with Crippen molar-refractivity contribution in [1.82, 2.24) is 10.2 Å². The average Bonchev–Trinajstić information content (AvgIpc) is 2.88. The zero-order valence-corrected chi connectivity index (χ0v) is 15.2. The van der Waals surface area contributed by atoms with Crippen molar-refractivity contribution in [2.45, 2.75) is 57.0 Å². The van der Waals surface area contributed by atoms with E-state index in [0.717, 1.165) is 12.8 Å². The van der Waals surface area contributed by atoms with Crippen LogP contribution in [0.5, 0.6) is 0 Å². The second-order valence-corrected chi connectivity index (χ2v) is 8.22. The fourth-order valence-corrected chi connectivity index (χ4v) is 4.68. The molecular weight excluding hydrogens is 316 g/mol. The van der Waals surface area contributed by atoms with Crippen molar-refractivity contribution >= 4 is 12.0 Å². The molecule has 1 saturated heterocycles. The molecule has 1 aromatic carbocycles. The first kappa shape index (κ1) is 16.4. The van der Waals surface area contributed by atoms with E-state index in [9.17, 15) is 9.59 Å². The topological polar surface area (TPSA) is 58.6 Å². The molecule has 0 atom stereocenters. The molecule has 2 saturated carbocycles. The van der Waals surface area contributed by atoms with Gasteiger partial charge in [-0.05, 0) is 56.6 Å². The number of amides is 2. The molecule has 0 radical (unpaired) electrons. The van der Waals surface area contributed by atoms with Gasteiger partial charge in [0.25, 0.3) is 0 Å². The van der Waals surface area contributed by atoms with Crippen LogP contribution >= 0.6 is 0 Å². The minimum Gasteiger partial charge on any atom is -0.447 e. The molecule has 25 heavy (non-hydrogen) atoms. The normalized spacial score (nSPS) is 33.2. The van der Waals surface area contributed by atoms with Gasteiger partial charge in [0.05, 0.1) is 5.54 Å². The summed E-state index contributed by atoms with van der Waals surface area (Å²) in [5.41, 5.74) is 3.80. The maximum atomic E-state index is 12.7. The highest BCUT2D eigenvalue weighted by molar-refractivity contribution is 5.81. The van der Waals surface area contributed by atoms with Crippen molar-refractivity contribution in [1.29, 1.82) is 0 Å². The number of carbonyl (C=O) groups excluding carboxylic acids is 2. The lowest BCUT2D eigenvalue weighted by Crippen LogP contribution is -2.59. The number of rotatable bonds is 3. The van der Waals surface area contributed by atoms with Gasteiger partial charge in [-0.1, -0.05) is 23.8 Å². The SMILES string of the molecule is Cc1ccc([C@H]2C[C@@H](N(C)C(=O)[C@H]3C[C@]4(COC(=O)N4)C3)C2)c(C)c1. The summed E-state index contributed by atoms with van der Waals surface area (Å²) in [6.07, 6.45) is 3.15. The molecule has 1 N–H and O–H groups in total. The predicted octanol–water partition coefficient (Wildman–Crippen LogP) is 2.90. The summed E-state index contributed by atoms with van der Waals surface area (Å²) in [6.45, 7) is 4.70. The van der Waals surface area contributed by atoms with Crippen LogP contribution in [0, 0.1) is 19.8 Å². The zero-order valence-electron chi connectivity index (χ0n) is 15.2. The fraction of sp³-hybridized carbons (Fsp3) is 0.600. The van der Waals surface area contributed by atoms with Crippen LogP contribution in [0.25, 0.3) is 0 Å². The van der Waals surface area contributed by atoms with E-state index in [-0.39, 0.29) is 23.5 Å². The average molecular weight is 342 g/mol. The van der Waals surface area contributed by atoms with Gasteiger partial charge >= 0.3 is 6.09 Å². The van der Waals surface area contributed by atoms with Crippen LogP contribution in [0.1, 0.15) is 48.3 Å². The summed E-state index contributed by atoms with van der Waals surface area (Å²) in [5.74, 6) is 0.805. The second kappa shape index (κ2) is 5.75. The van der Waals surface area contributed by atoms with E-state index in [1.54, 1.807) is 0 Å². The highest BCUT2D eigenvalue weighted by Gasteiger charge is 2.53. The Hall–Kier alpha value is -2.04. The lowest BCUT2D eigenvalue weighted by atomic mass is 9.67. The molecule has 5 nitrogen and oxygen atoms in total. The number of ether oxygens (including phenoxy) is 1. The number of hydrogen-bond acceptors (Lipinski definition) is 3. The third kappa shape index (κ3) is 2.79. The summed E-state index contributed by atoms with van der Waals surface area (Å²) in [7, 11) is 1.93. The minimum absolute atomic E-state index is 0.0205. The Kier molecular flexibility index (Phi) is 3.78. The molecule has 2 aliphatic carbocycles. The van der Waals surface area contributed by atoms with E-state index in [1.807, 2.05) is 11.9 Å². The van der Waals surface area contributed by atoms with E-state index in [2.05, 4.69) is 37.4 Å². The number of aryl methyl sites for hydroxylation is 2. The van der Waals surface area contributed by atoms with E-state index in [1.165, 1.54) is 16.7 Å². The molecule has 3 aliphatic rings. The Bertz CT molecular complexity index is 718. The quantitative estimate of drug-likeness (QED) is 0.919. The molecule has 0 aromatic heterocycles. The van der Waals surface area contributed by atoms with Gasteiger partial charge in [0, 0.05) is 19.0 Å². The van der Waals surface area contributed by atoms with E-state index in [0.29, 0.717) is 31.4 Å². The molecule has 0 unspecified atom stereocenters. The standard InChI is InChI=1S/C20H26N2O3/c1-12-4-5-17(13(2)6-12)14-7-16(8-14)22(3)18(23)15-9-20(10-15)11-25-19(24)21-20/h4-6,14-16H,7-11H2,1-3H3,(H,21,24)/t14-,15-,16+,20+. The lowest BCUT2D eigenvalue weighted by molar-refractivity contribution is -0.143. The molecular formula is C20H26N2O3. The van der Waals surface area contributed by atoms with Crippen molar-refractivity contribution in [3.05, 3.63) is 34.9 Å². The number of benzene rings is 1. The summed E-state index contributed by atoms with van der Waals surface area (Å²) < 4.78 is 4.99. The van der Waals surface area contributed by atoms with Crippen LogP contribution in [-0.2, 0) is 9.53 Å². The number of carbonyl (C=O) groups is 2. The molecule has 2 amide bonds. The molecule has 4 rings (SSSR count). The van der Waals surface area contributed by atoms with Gasteiger partial charge in [-0.2, -0.15) is 0 Å². The van der Waals surface area contributed by atoms with Crippen molar-refractivity contribution in [3.63, 3.8) is 0 Å². The number of hydrogen-bond donors (Lipinski definition) is 1. The van der Waals surface area contributed by atoms with Gasteiger partial charge in [-0.3, -0.25) is 4.79 Å². The Morgan fingerprint density at radius 1 is 1.28 bits per heavy atom. The van der Waals surface area contributed by atoms with Gasteiger partial charge in [0.15, 0.2) is 0 Å². The molecule has 1 heterocycles. The summed E-state index contributed by atoms with van der Waals surface area (Å²) in [4.78, 5) is 25.9.